The molecule has 0 spiro atoms. The van der Waals surface area contributed by atoms with Gasteiger partial charge in [0, 0.05) is 25.5 Å². The molecule has 0 saturated heterocycles. The van der Waals surface area contributed by atoms with Crippen LogP contribution in [0.5, 0.6) is 0 Å². The molecular formula is C15H16BrCl2N7O. The molecule has 0 bridgehead atoms. The van der Waals surface area contributed by atoms with E-state index in [0.717, 1.165) is 4.47 Å². The van der Waals surface area contributed by atoms with E-state index >= 15 is 0 Å². The summed E-state index contributed by atoms with van der Waals surface area (Å²) >= 11 is 15.4. The highest BCUT2D eigenvalue weighted by Gasteiger charge is 2.12. The Morgan fingerprint density at radius 2 is 2.12 bits per heavy atom. The summed E-state index contributed by atoms with van der Waals surface area (Å²) in [4.78, 5) is 12.2. The fourth-order valence-corrected chi connectivity index (χ4v) is 3.05. The van der Waals surface area contributed by atoms with E-state index in [1.807, 2.05) is 6.20 Å². The number of nitrogens with one attached hydrogen (secondary N) is 1. The molecule has 0 saturated carbocycles. The molecule has 0 aliphatic heterocycles. The van der Waals surface area contributed by atoms with Crippen molar-refractivity contribution < 1.29 is 4.79 Å². The highest BCUT2D eigenvalue weighted by atomic mass is 79.9. The normalized spacial score (nSPS) is 11.1. The van der Waals surface area contributed by atoms with Gasteiger partial charge in [-0.3, -0.25) is 14.2 Å². The van der Waals surface area contributed by atoms with Crippen LogP contribution < -0.4 is 5.32 Å². The maximum atomic E-state index is 12.2. The molecule has 0 fully saturated rings. The van der Waals surface area contributed by atoms with Crippen molar-refractivity contribution in [1.29, 1.82) is 0 Å². The minimum absolute atomic E-state index is 0.230. The van der Waals surface area contributed by atoms with E-state index in [1.165, 1.54) is 0 Å². The molecule has 3 aromatic heterocycles. The average Bonchev–Trinajstić information content (AvgIpc) is 3.30. The molecule has 1 amide bonds. The largest absolute Gasteiger partial charge is 0.351 e. The van der Waals surface area contributed by atoms with Crippen LogP contribution in [0.15, 0.2) is 29.1 Å². The Hall–Kier alpha value is -1.84. The number of halogens is 3. The van der Waals surface area contributed by atoms with Crippen LogP contribution in [0.3, 0.4) is 0 Å². The second kappa shape index (κ2) is 8.24. The van der Waals surface area contributed by atoms with E-state index in [9.17, 15) is 4.79 Å². The molecule has 3 heterocycles. The third-order valence-corrected chi connectivity index (χ3v) is 4.94. The third-order valence-electron chi connectivity index (χ3n) is 3.59. The van der Waals surface area contributed by atoms with Crippen molar-refractivity contribution in [3.8, 4) is 0 Å². The first-order chi connectivity index (χ1) is 12.4. The molecule has 138 valence electrons. The van der Waals surface area contributed by atoms with Crippen molar-refractivity contribution >= 4 is 45.0 Å². The Labute approximate surface area is 168 Å². The minimum Gasteiger partial charge on any atom is -0.351 e. The summed E-state index contributed by atoms with van der Waals surface area (Å²) in [6.07, 6.45) is 5.93. The molecular weight excluding hydrogens is 445 g/mol. The van der Waals surface area contributed by atoms with Crippen LogP contribution >= 0.6 is 39.1 Å². The Morgan fingerprint density at radius 3 is 2.77 bits per heavy atom. The second-order valence-electron chi connectivity index (χ2n) is 5.60. The van der Waals surface area contributed by atoms with Crippen LogP contribution in [0.4, 0.5) is 0 Å². The van der Waals surface area contributed by atoms with E-state index in [1.54, 1.807) is 39.4 Å². The monoisotopic (exact) mass is 459 g/mol. The summed E-state index contributed by atoms with van der Waals surface area (Å²) < 4.78 is 5.86. The lowest BCUT2D eigenvalue weighted by Crippen LogP contribution is -2.26. The van der Waals surface area contributed by atoms with Crippen molar-refractivity contribution in [1.82, 2.24) is 34.7 Å². The van der Waals surface area contributed by atoms with Crippen LogP contribution in [0.25, 0.3) is 0 Å². The molecule has 0 aliphatic rings. The van der Waals surface area contributed by atoms with Crippen molar-refractivity contribution in [2.45, 2.75) is 26.6 Å². The molecule has 0 aromatic carbocycles. The van der Waals surface area contributed by atoms with Gasteiger partial charge in [-0.1, -0.05) is 23.2 Å². The Balaban J connectivity index is 1.47. The first-order valence-corrected chi connectivity index (χ1v) is 9.37. The van der Waals surface area contributed by atoms with E-state index in [-0.39, 0.29) is 5.91 Å². The van der Waals surface area contributed by atoms with Gasteiger partial charge < -0.3 is 5.32 Å². The van der Waals surface area contributed by atoms with Crippen LogP contribution in [0, 0.1) is 6.92 Å². The molecule has 0 atom stereocenters. The zero-order valence-corrected chi connectivity index (χ0v) is 17.0. The molecule has 3 aromatic rings. The van der Waals surface area contributed by atoms with Crippen molar-refractivity contribution in [2.24, 2.45) is 0 Å². The Kier molecular flexibility index (Phi) is 6.00. The predicted molar refractivity (Wildman–Crippen MR) is 101 cm³/mol. The molecule has 3 rings (SSSR count). The highest BCUT2D eigenvalue weighted by Crippen LogP contribution is 2.24. The van der Waals surface area contributed by atoms with Gasteiger partial charge in [0.2, 0.25) is 0 Å². The number of aryl methyl sites for hydroxylation is 2. The summed E-state index contributed by atoms with van der Waals surface area (Å²) in [6.45, 7) is 3.27. The summed E-state index contributed by atoms with van der Waals surface area (Å²) in [6, 6.07) is 1.67. The Bertz CT molecular complexity index is 917. The topological polar surface area (TPSA) is 82.6 Å². The Morgan fingerprint density at radius 1 is 1.31 bits per heavy atom. The second-order valence-corrected chi connectivity index (χ2v) is 7.25. The molecule has 11 heteroatoms. The summed E-state index contributed by atoms with van der Waals surface area (Å²) in [7, 11) is 0. The number of hydrogen-bond donors (Lipinski definition) is 1. The van der Waals surface area contributed by atoms with Crippen LogP contribution in [0.1, 0.15) is 22.6 Å². The number of amides is 1. The molecule has 1 N–H and O–H groups in total. The lowest BCUT2D eigenvalue weighted by Gasteiger charge is -2.05. The maximum Gasteiger partial charge on any atom is 0.271 e. The summed E-state index contributed by atoms with van der Waals surface area (Å²) in [5.41, 5.74) is 1.04. The van der Waals surface area contributed by atoms with E-state index in [4.69, 9.17) is 23.2 Å². The quantitative estimate of drug-likeness (QED) is 0.549. The summed E-state index contributed by atoms with van der Waals surface area (Å²) in [5, 5.41) is 16.4. The number of nitrogens with zero attached hydrogens (tertiary/aromatic N) is 6. The first-order valence-electron chi connectivity index (χ1n) is 7.82. The van der Waals surface area contributed by atoms with Gasteiger partial charge >= 0.3 is 0 Å². The number of rotatable bonds is 7. The van der Waals surface area contributed by atoms with Crippen molar-refractivity contribution in [3.63, 3.8) is 0 Å². The lowest BCUT2D eigenvalue weighted by atomic mass is 10.3. The first kappa shape index (κ1) is 18.9. The molecule has 0 radical (unpaired) electrons. The van der Waals surface area contributed by atoms with E-state index in [2.05, 4.69) is 36.5 Å². The zero-order valence-electron chi connectivity index (χ0n) is 13.9. The molecule has 0 aliphatic carbocycles. The predicted octanol–water partition coefficient (Wildman–Crippen LogP) is 2.98. The smallest absolute Gasteiger partial charge is 0.271 e. The zero-order chi connectivity index (χ0) is 18.7. The molecule has 26 heavy (non-hydrogen) atoms. The van der Waals surface area contributed by atoms with Crippen LogP contribution in [-0.2, 0) is 13.2 Å². The minimum atomic E-state index is -0.230. The molecule has 8 nitrogen and oxygen atoms in total. The van der Waals surface area contributed by atoms with Gasteiger partial charge in [-0.05, 0) is 35.3 Å². The summed E-state index contributed by atoms with van der Waals surface area (Å²) in [5.74, 6) is -0.230. The SMILES string of the molecule is Cc1nn(CCCNC(=O)c2ccn(Cn3cc(Br)cn3)n2)c(Cl)c1Cl. The maximum absolute atomic E-state index is 12.2. The standard InChI is InChI=1S/C15H16BrCl2N7O/c1-10-13(17)14(18)25(21-10)5-2-4-19-15(26)12-3-6-23(22-12)9-24-8-11(16)7-20-24/h3,6-8H,2,4-5,9H2,1H3,(H,19,26). The lowest BCUT2D eigenvalue weighted by molar-refractivity contribution is 0.0946. The van der Waals surface area contributed by atoms with Crippen molar-refractivity contribution in [3.05, 3.63) is 50.7 Å². The van der Waals surface area contributed by atoms with Crippen LogP contribution in [-0.4, -0.2) is 41.8 Å². The molecule has 0 unspecified atom stereocenters. The highest BCUT2D eigenvalue weighted by molar-refractivity contribution is 9.10. The van der Waals surface area contributed by atoms with Gasteiger partial charge in [-0.25, -0.2) is 4.68 Å². The van der Waals surface area contributed by atoms with Gasteiger partial charge in [0.1, 0.15) is 22.5 Å². The van der Waals surface area contributed by atoms with Gasteiger partial charge in [-0.15, -0.1) is 0 Å². The number of carbonyl (C=O) groups excluding carboxylic acids is 1. The van der Waals surface area contributed by atoms with E-state index in [0.29, 0.717) is 47.7 Å². The third kappa shape index (κ3) is 4.46. The fraction of sp³-hybridized carbons (Fsp3) is 0.333. The van der Waals surface area contributed by atoms with E-state index < -0.39 is 0 Å². The number of carbonyl (C=O) groups is 1. The van der Waals surface area contributed by atoms with Gasteiger partial charge in [0.15, 0.2) is 0 Å². The number of aromatic nitrogens is 6. The average molecular weight is 461 g/mol. The van der Waals surface area contributed by atoms with Crippen LogP contribution in [0.2, 0.25) is 10.2 Å². The van der Waals surface area contributed by atoms with Crippen molar-refractivity contribution in [2.75, 3.05) is 6.54 Å². The number of hydrogen-bond acceptors (Lipinski definition) is 4. The van der Waals surface area contributed by atoms with Gasteiger partial charge in [-0.2, -0.15) is 15.3 Å². The van der Waals surface area contributed by atoms with Gasteiger partial charge in [0.05, 0.1) is 16.4 Å². The van der Waals surface area contributed by atoms with Gasteiger partial charge in [0.25, 0.3) is 5.91 Å². The fourth-order valence-electron chi connectivity index (χ4n) is 2.33.